The highest BCUT2D eigenvalue weighted by Crippen LogP contribution is 2.45. The van der Waals surface area contributed by atoms with E-state index in [1.54, 1.807) is 0 Å². The molecule has 0 saturated heterocycles. The summed E-state index contributed by atoms with van der Waals surface area (Å²) in [5.41, 5.74) is 2.29. The first kappa shape index (κ1) is 25.0. The number of hydrogen-bond acceptors (Lipinski definition) is 0. The van der Waals surface area contributed by atoms with E-state index < -0.39 is 0 Å². The average Bonchev–Trinajstić information content (AvgIpc) is 2.85. The lowest BCUT2D eigenvalue weighted by atomic mass is 9.68. The van der Waals surface area contributed by atoms with Crippen molar-refractivity contribution in [1.29, 1.82) is 0 Å². The largest absolute Gasteiger partial charge is 0.207 e. The lowest BCUT2D eigenvalue weighted by Crippen LogP contribution is -2.25. The van der Waals surface area contributed by atoms with Gasteiger partial charge in [-0.05, 0) is 137 Å². The molecule has 0 N–H and O–H groups in total. The Bertz CT molecular complexity index is 725. The summed E-state index contributed by atoms with van der Waals surface area (Å²) in [6.45, 7) is 4.44. The molecule has 3 saturated carbocycles. The molecule has 3 fully saturated rings. The van der Waals surface area contributed by atoms with Crippen molar-refractivity contribution in [3.63, 3.8) is 0 Å². The monoisotopic (exact) mass is 452 g/mol. The fourth-order valence-corrected chi connectivity index (χ4v) is 7.58. The second kappa shape index (κ2) is 12.6. The minimum absolute atomic E-state index is 0.0906. The summed E-state index contributed by atoms with van der Waals surface area (Å²) in [6, 6.07) is 6.38. The molecule has 4 rings (SSSR count). The van der Waals surface area contributed by atoms with Gasteiger partial charge in [-0.1, -0.05) is 56.9 Å². The Morgan fingerprint density at radius 3 is 2.03 bits per heavy atom. The van der Waals surface area contributed by atoms with Gasteiger partial charge in [0.25, 0.3) is 0 Å². The molecule has 0 atom stereocenters. The minimum atomic E-state index is 0.0906. The number of unbranched alkanes of at least 4 members (excludes halogenated alkanes) is 2. The maximum atomic E-state index is 15.2. The van der Waals surface area contributed by atoms with Gasteiger partial charge in [0.15, 0.2) is 0 Å². The molecule has 0 heterocycles. The molecule has 1 aromatic rings. The summed E-state index contributed by atoms with van der Waals surface area (Å²) < 4.78 is 15.2. The van der Waals surface area contributed by atoms with Gasteiger partial charge in [-0.2, -0.15) is 0 Å². The number of rotatable bonds is 8. The van der Waals surface area contributed by atoms with Crippen LogP contribution in [-0.4, -0.2) is 0 Å². The Morgan fingerprint density at radius 1 is 0.788 bits per heavy atom. The molecule has 0 nitrogen and oxygen atoms in total. The highest BCUT2D eigenvalue weighted by molar-refractivity contribution is 5.30. The topological polar surface area (TPSA) is 0 Å². The molecule has 3 aliphatic carbocycles. The number of allylic oxidation sites excluding steroid dienone is 2. The van der Waals surface area contributed by atoms with Gasteiger partial charge in [0.1, 0.15) is 5.82 Å². The van der Waals surface area contributed by atoms with Gasteiger partial charge in [-0.3, -0.25) is 0 Å². The van der Waals surface area contributed by atoms with Gasteiger partial charge in [-0.25, -0.2) is 4.39 Å². The van der Waals surface area contributed by atoms with Crippen LogP contribution >= 0.6 is 0 Å². The van der Waals surface area contributed by atoms with Crippen LogP contribution in [0.5, 0.6) is 0 Å². The van der Waals surface area contributed by atoms with E-state index in [0.717, 1.165) is 29.2 Å². The molecule has 184 valence electrons. The Labute approximate surface area is 203 Å². The molecule has 0 amide bonds. The second-order valence-corrected chi connectivity index (χ2v) is 11.8. The van der Waals surface area contributed by atoms with E-state index in [9.17, 15) is 0 Å². The quantitative estimate of drug-likeness (QED) is 0.272. The third-order valence-corrected chi connectivity index (χ3v) is 9.72. The lowest BCUT2D eigenvalue weighted by molar-refractivity contribution is 0.171. The SMILES string of the molecule is CC=CC1CCC(C2CCC(c3ccc(C4CCC(CCCCC)CC4)cc3F)CC2)CC1. The van der Waals surface area contributed by atoms with Gasteiger partial charge in [-0.15, -0.1) is 0 Å². The zero-order chi connectivity index (χ0) is 23.0. The molecule has 0 spiro atoms. The van der Waals surface area contributed by atoms with Gasteiger partial charge in [0, 0.05) is 0 Å². The normalized spacial score (nSPS) is 33.4. The number of halogens is 1. The standard InChI is InChI=1S/C32H49F/c1-3-5-6-8-25-11-15-28(16-12-25)30-21-22-31(32(33)23-30)29-19-17-27(18-20-29)26-13-9-24(7-4-2)10-14-26/h4,7,21-29H,3,5-6,8-20H2,1-2H3. The van der Waals surface area contributed by atoms with Crippen molar-refractivity contribution in [1.82, 2.24) is 0 Å². The van der Waals surface area contributed by atoms with E-state index in [0.29, 0.717) is 11.8 Å². The summed E-state index contributed by atoms with van der Waals surface area (Å²) >= 11 is 0. The number of benzene rings is 1. The molecular weight excluding hydrogens is 403 g/mol. The molecule has 0 aromatic heterocycles. The third kappa shape index (κ3) is 6.73. The average molecular weight is 453 g/mol. The zero-order valence-corrected chi connectivity index (χ0v) is 21.5. The van der Waals surface area contributed by atoms with Crippen molar-refractivity contribution in [2.75, 3.05) is 0 Å². The minimum Gasteiger partial charge on any atom is -0.207 e. The predicted octanol–water partition coefficient (Wildman–Crippen LogP) is 10.3. The van der Waals surface area contributed by atoms with Crippen LogP contribution in [0.1, 0.15) is 140 Å². The molecule has 33 heavy (non-hydrogen) atoms. The van der Waals surface area contributed by atoms with E-state index in [1.165, 1.54) is 108 Å². The fourth-order valence-electron chi connectivity index (χ4n) is 7.58. The fraction of sp³-hybridized carbons (Fsp3) is 0.750. The highest BCUT2D eigenvalue weighted by Gasteiger charge is 2.32. The molecule has 1 heteroatoms. The molecule has 0 aliphatic heterocycles. The Hall–Kier alpha value is -1.11. The van der Waals surface area contributed by atoms with E-state index >= 15 is 4.39 Å². The van der Waals surface area contributed by atoms with Crippen LogP contribution in [0.25, 0.3) is 0 Å². The van der Waals surface area contributed by atoms with E-state index in [2.05, 4.69) is 38.1 Å². The van der Waals surface area contributed by atoms with Crippen LogP contribution in [0.15, 0.2) is 30.4 Å². The Morgan fingerprint density at radius 2 is 1.42 bits per heavy atom. The molecule has 0 bridgehead atoms. The van der Waals surface area contributed by atoms with Crippen LogP contribution in [0, 0.1) is 29.5 Å². The smallest absolute Gasteiger partial charge is 0.126 e. The zero-order valence-electron chi connectivity index (χ0n) is 21.5. The summed E-state index contributed by atoms with van der Waals surface area (Å²) in [4.78, 5) is 0. The van der Waals surface area contributed by atoms with E-state index in [4.69, 9.17) is 0 Å². The van der Waals surface area contributed by atoms with E-state index in [1.807, 2.05) is 6.07 Å². The van der Waals surface area contributed by atoms with Gasteiger partial charge in [0.05, 0.1) is 0 Å². The summed E-state index contributed by atoms with van der Waals surface area (Å²) in [5.74, 6) is 4.69. The maximum absolute atomic E-state index is 15.2. The summed E-state index contributed by atoms with van der Waals surface area (Å²) in [5, 5.41) is 0. The van der Waals surface area contributed by atoms with Crippen molar-refractivity contribution < 1.29 is 4.39 Å². The van der Waals surface area contributed by atoms with Gasteiger partial charge in [0.2, 0.25) is 0 Å². The summed E-state index contributed by atoms with van der Waals surface area (Å²) in [6.07, 6.45) is 26.0. The molecule has 1 aromatic carbocycles. The third-order valence-electron chi connectivity index (χ3n) is 9.72. The van der Waals surface area contributed by atoms with Crippen molar-refractivity contribution >= 4 is 0 Å². The Kier molecular flexibility index (Phi) is 9.51. The summed E-state index contributed by atoms with van der Waals surface area (Å²) in [7, 11) is 0. The van der Waals surface area contributed by atoms with Crippen molar-refractivity contribution in [2.24, 2.45) is 23.7 Å². The lowest BCUT2D eigenvalue weighted by Gasteiger charge is -2.37. The van der Waals surface area contributed by atoms with Crippen LogP contribution in [0.2, 0.25) is 0 Å². The first-order valence-electron chi connectivity index (χ1n) is 14.6. The van der Waals surface area contributed by atoms with Crippen LogP contribution in [0.4, 0.5) is 4.39 Å². The van der Waals surface area contributed by atoms with Crippen molar-refractivity contribution in [3.05, 3.63) is 47.3 Å². The first-order chi connectivity index (χ1) is 16.2. The van der Waals surface area contributed by atoms with Crippen LogP contribution in [-0.2, 0) is 0 Å². The van der Waals surface area contributed by atoms with Crippen LogP contribution in [0.3, 0.4) is 0 Å². The molecule has 0 unspecified atom stereocenters. The molecule has 0 radical (unpaired) electrons. The molecule has 3 aliphatic rings. The second-order valence-electron chi connectivity index (χ2n) is 11.8. The van der Waals surface area contributed by atoms with Crippen molar-refractivity contribution in [2.45, 2.75) is 128 Å². The predicted molar refractivity (Wildman–Crippen MR) is 140 cm³/mol. The van der Waals surface area contributed by atoms with Crippen molar-refractivity contribution in [3.8, 4) is 0 Å². The molecular formula is C32H49F. The van der Waals surface area contributed by atoms with Crippen LogP contribution < -0.4 is 0 Å². The van der Waals surface area contributed by atoms with Gasteiger partial charge < -0.3 is 0 Å². The van der Waals surface area contributed by atoms with Gasteiger partial charge >= 0.3 is 0 Å². The van der Waals surface area contributed by atoms with E-state index in [-0.39, 0.29) is 5.82 Å². The Balaban J connectivity index is 1.25. The first-order valence-corrected chi connectivity index (χ1v) is 14.6. The number of hydrogen-bond donors (Lipinski definition) is 0. The highest BCUT2D eigenvalue weighted by atomic mass is 19.1. The maximum Gasteiger partial charge on any atom is 0.126 e.